The van der Waals surface area contributed by atoms with Gasteiger partial charge in [-0.1, -0.05) is 13.8 Å². The van der Waals surface area contributed by atoms with E-state index < -0.39 is 0 Å². The SMILES string of the molecule is CC(C)c1cc(I)sn1. The lowest BCUT2D eigenvalue weighted by Crippen LogP contribution is -1.83. The zero-order chi connectivity index (χ0) is 6.85. The third-order valence-corrected chi connectivity index (χ3v) is 2.59. The van der Waals surface area contributed by atoms with Crippen molar-refractivity contribution in [1.82, 2.24) is 4.37 Å². The van der Waals surface area contributed by atoms with Gasteiger partial charge in [0, 0.05) is 0 Å². The first kappa shape index (κ1) is 7.47. The first-order valence-electron chi connectivity index (χ1n) is 2.82. The standard InChI is InChI=1S/C6H8INS/c1-4(2)5-3-6(7)9-8-5/h3-4H,1-2H3. The van der Waals surface area contributed by atoms with Gasteiger partial charge < -0.3 is 0 Å². The summed E-state index contributed by atoms with van der Waals surface area (Å²) in [7, 11) is 0. The quantitative estimate of drug-likeness (QED) is 0.701. The zero-order valence-corrected chi connectivity index (χ0v) is 8.36. The Hall–Kier alpha value is 0.360. The van der Waals surface area contributed by atoms with Crippen LogP contribution in [0.3, 0.4) is 0 Å². The highest BCUT2D eigenvalue weighted by molar-refractivity contribution is 14.1. The van der Waals surface area contributed by atoms with Crippen molar-refractivity contribution in [3.05, 3.63) is 14.6 Å². The summed E-state index contributed by atoms with van der Waals surface area (Å²) in [5.74, 6) is 0.574. The van der Waals surface area contributed by atoms with Crippen molar-refractivity contribution in [2.45, 2.75) is 19.8 Å². The molecule has 50 valence electrons. The molecule has 1 nitrogen and oxygen atoms in total. The van der Waals surface area contributed by atoms with E-state index in [1.165, 1.54) is 8.58 Å². The molecule has 0 radical (unpaired) electrons. The minimum atomic E-state index is 0.574. The van der Waals surface area contributed by atoms with Crippen molar-refractivity contribution < 1.29 is 0 Å². The Morgan fingerprint density at radius 3 is 2.56 bits per heavy atom. The Balaban J connectivity index is 2.85. The predicted octanol–water partition coefficient (Wildman–Crippen LogP) is 2.87. The molecule has 0 bridgehead atoms. The molecule has 3 heteroatoms. The van der Waals surface area contributed by atoms with Gasteiger partial charge in [-0.2, -0.15) is 4.37 Å². The van der Waals surface area contributed by atoms with E-state index in [0.717, 1.165) is 0 Å². The zero-order valence-electron chi connectivity index (χ0n) is 5.39. The molecule has 0 aliphatic heterocycles. The number of hydrogen-bond acceptors (Lipinski definition) is 2. The third-order valence-electron chi connectivity index (χ3n) is 1.09. The highest BCUT2D eigenvalue weighted by atomic mass is 127. The average molecular weight is 253 g/mol. The summed E-state index contributed by atoms with van der Waals surface area (Å²) in [6.07, 6.45) is 0. The molecule has 9 heavy (non-hydrogen) atoms. The molecule has 0 aliphatic carbocycles. The predicted molar refractivity (Wildman–Crippen MR) is 48.9 cm³/mol. The summed E-state index contributed by atoms with van der Waals surface area (Å²) in [6.45, 7) is 4.32. The van der Waals surface area contributed by atoms with Crippen LogP contribution in [0.5, 0.6) is 0 Å². The summed E-state index contributed by atoms with van der Waals surface area (Å²) < 4.78 is 5.52. The van der Waals surface area contributed by atoms with Gasteiger partial charge in [0.1, 0.15) is 0 Å². The first-order chi connectivity index (χ1) is 4.20. The lowest BCUT2D eigenvalue weighted by molar-refractivity contribution is 0.840. The van der Waals surface area contributed by atoms with E-state index in [2.05, 4.69) is 46.9 Å². The molecule has 1 rings (SSSR count). The molecule has 0 saturated carbocycles. The van der Waals surface area contributed by atoms with Gasteiger partial charge in [0.25, 0.3) is 0 Å². The molecule has 0 N–H and O–H groups in total. The molecule has 1 heterocycles. The highest BCUT2D eigenvalue weighted by Gasteiger charge is 2.01. The molecule has 0 spiro atoms. The third kappa shape index (κ3) is 1.89. The average Bonchev–Trinajstić information content (AvgIpc) is 2.14. The van der Waals surface area contributed by atoms with Crippen molar-refractivity contribution in [2.75, 3.05) is 0 Å². The van der Waals surface area contributed by atoms with Crippen LogP contribution in [0.25, 0.3) is 0 Å². The van der Waals surface area contributed by atoms with E-state index in [1.54, 1.807) is 11.5 Å². The van der Waals surface area contributed by atoms with Crippen LogP contribution in [0.1, 0.15) is 25.5 Å². The molecule has 0 amide bonds. The lowest BCUT2D eigenvalue weighted by atomic mass is 10.1. The van der Waals surface area contributed by atoms with Crippen molar-refractivity contribution in [3.8, 4) is 0 Å². The van der Waals surface area contributed by atoms with Gasteiger partial charge in [0.2, 0.25) is 0 Å². The largest absolute Gasteiger partial charge is 0.196 e. The van der Waals surface area contributed by atoms with Crippen LogP contribution >= 0.6 is 34.1 Å². The monoisotopic (exact) mass is 253 g/mol. The van der Waals surface area contributed by atoms with Crippen molar-refractivity contribution in [1.29, 1.82) is 0 Å². The maximum atomic E-state index is 4.25. The molecule has 0 fully saturated rings. The van der Waals surface area contributed by atoms with Crippen molar-refractivity contribution in [3.63, 3.8) is 0 Å². The molecule has 1 aromatic heterocycles. The first-order valence-corrected chi connectivity index (χ1v) is 4.67. The topological polar surface area (TPSA) is 12.9 Å². The van der Waals surface area contributed by atoms with E-state index in [4.69, 9.17) is 0 Å². The lowest BCUT2D eigenvalue weighted by Gasteiger charge is -1.94. The molecule has 0 aliphatic rings. The van der Waals surface area contributed by atoms with Crippen molar-refractivity contribution in [2.24, 2.45) is 0 Å². The Labute approximate surface area is 72.8 Å². The Morgan fingerprint density at radius 2 is 2.33 bits per heavy atom. The van der Waals surface area contributed by atoms with Gasteiger partial charge in [-0.3, -0.25) is 0 Å². The van der Waals surface area contributed by atoms with Crippen LogP contribution in [0.15, 0.2) is 6.07 Å². The van der Waals surface area contributed by atoms with E-state index in [9.17, 15) is 0 Å². The van der Waals surface area contributed by atoms with Gasteiger partial charge in [-0.05, 0) is 46.1 Å². The van der Waals surface area contributed by atoms with Gasteiger partial charge in [-0.25, -0.2) is 0 Å². The fraction of sp³-hybridized carbons (Fsp3) is 0.500. The maximum Gasteiger partial charge on any atom is 0.0863 e. The van der Waals surface area contributed by atoms with Crippen molar-refractivity contribution >= 4 is 34.1 Å². The van der Waals surface area contributed by atoms with Gasteiger partial charge >= 0.3 is 0 Å². The number of rotatable bonds is 1. The molecule has 0 saturated heterocycles. The number of aromatic nitrogens is 1. The minimum absolute atomic E-state index is 0.574. The maximum absolute atomic E-state index is 4.25. The summed E-state index contributed by atoms with van der Waals surface area (Å²) in [5.41, 5.74) is 1.21. The fourth-order valence-electron chi connectivity index (χ4n) is 0.537. The number of halogens is 1. The number of nitrogens with zero attached hydrogens (tertiary/aromatic N) is 1. The van der Waals surface area contributed by atoms with Crippen LogP contribution in [0.4, 0.5) is 0 Å². The summed E-state index contributed by atoms with van der Waals surface area (Å²) in [6, 6.07) is 2.13. The highest BCUT2D eigenvalue weighted by Crippen LogP contribution is 2.18. The summed E-state index contributed by atoms with van der Waals surface area (Å²) in [4.78, 5) is 0. The smallest absolute Gasteiger partial charge is 0.0863 e. The van der Waals surface area contributed by atoms with Crippen LogP contribution in [0, 0.1) is 2.88 Å². The molecule has 0 atom stereocenters. The van der Waals surface area contributed by atoms with E-state index in [-0.39, 0.29) is 0 Å². The second kappa shape index (κ2) is 2.96. The normalized spacial score (nSPS) is 10.7. The van der Waals surface area contributed by atoms with E-state index in [0.29, 0.717) is 5.92 Å². The second-order valence-corrected chi connectivity index (χ2v) is 4.91. The summed E-state index contributed by atoms with van der Waals surface area (Å²) >= 11 is 3.86. The van der Waals surface area contributed by atoms with Gasteiger partial charge in [-0.15, -0.1) is 0 Å². The van der Waals surface area contributed by atoms with E-state index in [1.807, 2.05) is 0 Å². The molecular weight excluding hydrogens is 245 g/mol. The minimum Gasteiger partial charge on any atom is -0.196 e. The number of hydrogen-bond donors (Lipinski definition) is 0. The van der Waals surface area contributed by atoms with Crippen LogP contribution in [-0.4, -0.2) is 4.37 Å². The second-order valence-electron chi connectivity index (χ2n) is 2.21. The Kier molecular flexibility index (Phi) is 2.46. The molecule has 1 aromatic rings. The van der Waals surface area contributed by atoms with E-state index >= 15 is 0 Å². The Bertz CT molecular complexity index is 195. The molecular formula is C6H8INS. The fourth-order valence-corrected chi connectivity index (χ4v) is 1.78. The molecule has 0 aromatic carbocycles. The van der Waals surface area contributed by atoms with Gasteiger partial charge in [0.05, 0.1) is 8.58 Å². The summed E-state index contributed by atoms with van der Waals surface area (Å²) in [5, 5.41) is 0. The van der Waals surface area contributed by atoms with Crippen LogP contribution in [-0.2, 0) is 0 Å². The van der Waals surface area contributed by atoms with Gasteiger partial charge in [0.15, 0.2) is 0 Å². The Morgan fingerprint density at radius 1 is 1.67 bits per heavy atom. The van der Waals surface area contributed by atoms with Crippen LogP contribution in [0.2, 0.25) is 0 Å². The van der Waals surface area contributed by atoms with Crippen LogP contribution < -0.4 is 0 Å². The molecule has 0 unspecified atom stereocenters.